The van der Waals surface area contributed by atoms with Gasteiger partial charge in [0.05, 0.1) is 16.0 Å². The molecule has 0 spiro atoms. The molecule has 0 saturated carbocycles. The van der Waals surface area contributed by atoms with Crippen molar-refractivity contribution in [2.75, 3.05) is 5.75 Å². The van der Waals surface area contributed by atoms with E-state index in [0.29, 0.717) is 15.4 Å². The Balaban J connectivity index is 1.84. The van der Waals surface area contributed by atoms with E-state index in [1.807, 2.05) is 12.1 Å². The number of rotatable bonds is 4. The van der Waals surface area contributed by atoms with Gasteiger partial charge in [-0.3, -0.25) is 4.79 Å². The summed E-state index contributed by atoms with van der Waals surface area (Å²) in [7, 11) is -1.80. The van der Waals surface area contributed by atoms with Crippen molar-refractivity contribution in [2.45, 2.75) is 5.75 Å². The van der Waals surface area contributed by atoms with E-state index in [-0.39, 0.29) is 5.75 Å². The van der Waals surface area contributed by atoms with Crippen molar-refractivity contribution in [1.29, 1.82) is 0 Å². The number of amides is 1. The maximum Gasteiger partial charge on any atom is 0.263 e. The topological polar surface area (TPSA) is 68.5 Å². The van der Waals surface area contributed by atoms with Crippen molar-refractivity contribution >= 4 is 48.9 Å². The summed E-state index contributed by atoms with van der Waals surface area (Å²) in [6.45, 7) is 0. The highest BCUT2D eigenvalue weighted by molar-refractivity contribution is 7.91. The molecule has 1 aromatic heterocycles. The zero-order valence-electron chi connectivity index (χ0n) is 13.3. The molecule has 1 heterocycles. The minimum atomic E-state index is -3.57. The second kappa shape index (κ2) is 7.11. The Morgan fingerprint density at radius 3 is 2.64 bits per heavy atom. The number of sulfone groups is 1. The summed E-state index contributed by atoms with van der Waals surface area (Å²) in [5.41, 5.74) is 1.53. The lowest BCUT2D eigenvalue weighted by atomic mass is 10.2. The number of benzene rings is 2. The maximum absolute atomic E-state index is 12.2. The lowest BCUT2D eigenvalue weighted by Crippen LogP contribution is -2.20. The summed E-state index contributed by atoms with van der Waals surface area (Å²) in [4.78, 5) is 16.6. The highest BCUT2D eigenvalue weighted by Crippen LogP contribution is 2.21. The van der Waals surface area contributed by atoms with E-state index in [9.17, 15) is 13.2 Å². The third-order valence-electron chi connectivity index (χ3n) is 3.56. The van der Waals surface area contributed by atoms with Crippen molar-refractivity contribution in [3.05, 3.63) is 63.9 Å². The summed E-state index contributed by atoms with van der Waals surface area (Å²) >= 11 is 7.26. The van der Waals surface area contributed by atoms with Crippen molar-refractivity contribution in [3.8, 4) is 0 Å². The molecular weight excluding hydrogens is 380 g/mol. The Labute approximate surface area is 154 Å². The highest BCUT2D eigenvalue weighted by atomic mass is 35.5. The molecule has 3 rings (SSSR count). The molecule has 5 nitrogen and oxygen atoms in total. The molecule has 0 atom stereocenters. The first-order valence-electron chi connectivity index (χ1n) is 7.41. The van der Waals surface area contributed by atoms with Crippen LogP contribution >= 0.6 is 22.9 Å². The van der Waals surface area contributed by atoms with Crippen LogP contribution in [0.1, 0.15) is 5.56 Å². The lowest BCUT2D eigenvalue weighted by Gasteiger charge is -2.01. The van der Waals surface area contributed by atoms with Crippen LogP contribution < -0.4 is 4.80 Å². The van der Waals surface area contributed by atoms with Gasteiger partial charge in [-0.15, -0.1) is 0 Å². The van der Waals surface area contributed by atoms with Gasteiger partial charge in [0.25, 0.3) is 5.91 Å². The Kier molecular flexibility index (Phi) is 5.08. The Hall–Kier alpha value is -1.96. The number of fused-ring (bicyclic) bond motifs is 1. The molecule has 0 N–H and O–H groups in total. The quantitative estimate of drug-likeness (QED) is 0.683. The largest absolute Gasteiger partial charge is 0.319 e. The fraction of sp³-hybridized carbons (Fsp3) is 0.176. The summed E-state index contributed by atoms with van der Waals surface area (Å²) < 4.78 is 27.0. The van der Waals surface area contributed by atoms with Crippen LogP contribution in [-0.2, 0) is 27.4 Å². The standard InChI is InChI=1S/C17H15ClN2O3S2/c1-20-14-8-7-13(18)9-15(14)24-17(20)19-16(21)11-25(22,23)10-12-5-3-2-4-6-12/h2-9H,10-11H2,1H3. The van der Waals surface area contributed by atoms with Gasteiger partial charge in [-0.25, -0.2) is 8.42 Å². The van der Waals surface area contributed by atoms with Crippen molar-refractivity contribution < 1.29 is 13.2 Å². The molecule has 0 unspecified atom stereocenters. The normalized spacial score (nSPS) is 12.6. The van der Waals surface area contributed by atoms with Crippen LogP contribution in [0.25, 0.3) is 10.2 Å². The number of carbonyl (C=O) groups is 1. The molecule has 0 saturated heterocycles. The summed E-state index contributed by atoms with van der Waals surface area (Å²) in [5.74, 6) is -1.47. The van der Waals surface area contributed by atoms with E-state index in [4.69, 9.17) is 11.6 Å². The SMILES string of the molecule is Cn1c(=NC(=O)CS(=O)(=O)Cc2ccccc2)sc2cc(Cl)ccc21. The third kappa shape index (κ3) is 4.36. The first kappa shape index (κ1) is 17.8. The Bertz CT molecular complexity index is 1100. The number of thiazole rings is 1. The van der Waals surface area contributed by atoms with Gasteiger partial charge in [-0.05, 0) is 23.8 Å². The zero-order valence-corrected chi connectivity index (χ0v) is 15.7. The van der Waals surface area contributed by atoms with E-state index < -0.39 is 21.5 Å². The lowest BCUT2D eigenvalue weighted by molar-refractivity contribution is -0.115. The fourth-order valence-corrected chi connectivity index (χ4v) is 4.98. The predicted octanol–water partition coefficient (Wildman–Crippen LogP) is 2.94. The molecular formula is C17H15ClN2O3S2. The van der Waals surface area contributed by atoms with Crippen LogP contribution in [0, 0.1) is 0 Å². The summed E-state index contributed by atoms with van der Waals surface area (Å²) in [6.07, 6.45) is 0. The third-order valence-corrected chi connectivity index (χ3v) is 6.35. The van der Waals surface area contributed by atoms with Gasteiger partial charge in [0.15, 0.2) is 14.6 Å². The molecule has 0 aliphatic rings. The van der Waals surface area contributed by atoms with E-state index in [1.54, 1.807) is 48.0 Å². The van der Waals surface area contributed by atoms with Crippen molar-refractivity contribution in [1.82, 2.24) is 4.57 Å². The number of aryl methyl sites for hydroxylation is 1. The Morgan fingerprint density at radius 2 is 1.92 bits per heavy atom. The van der Waals surface area contributed by atoms with Gasteiger partial charge in [0.2, 0.25) is 0 Å². The Morgan fingerprint density at radius 1 is 1.20 bits per heavy atom. The van der Waals surface area contributed by atoms with Crippen LogP contribution in [0.15, 0.2) is 53.5 Å². The molecule has 1 amide bonds. The first-order valence-corrected chi connectivity index (χ1v) is 10.4. The van der Waals surface area contributed by atoms with Gasteiger partial charge in [0.1, 0.15) is 5.75 Å². The maximum atomic E-state index is 12.2. The summed E-state index contributed by atoms with van der Waals surface area (Å²) in [6, 6.07) is 14.2. The zero-order chi connectivity index (χ0) is 18.0. The first-order chi connectivity index (χ1) is 11.8. The average Bonchev–Trinajstić information content (AvgIpc) is 2.82. The number of hydrogen-bond donors (Lipinski definition) is 0. The molecule has 0 radical (unpaired) electrons. The molecule has 0 bridgehead atoms. The number of hydrogen-bond acceptors (Lipinski definition) is 4. The van der Waals surface area contributed by atoms with Gasteiger partial charge in [0, 0.05) is 12.1 Å². The molecule has 130 valence electrons. The second-order valence-electron chi connectivity index (χ2n) is 5.58. The predicted molar refractivity (Wildman–Crippen MR) is 100 cm³/mol. The van der Waals surface area contributed by atoms with E-state index in [2.05, 4.69) is 4.99 Å². The number of aromatic nitrogens is 1. The van der Waals surface area contributed by atoms with E-state index in [1.165, 1.54) is 11.3 Å². The van der Waals surface area contributed by atoms with Crippen molar-refractivity contribution in [2.24, 2.45) is 12.0 Å². The number of nitrogens with zero attached hydrogens (tertiary/aromatic N) is 2. The molecule has 0 fully saturated rings. The molecule has 0 aliphatic heterocycles. The highest BCUT2D eigenvalue weighted by Gasteiger charge is 2.17. The van der Waals surface area contributed by atoms with Crippen LogP contribution in [0.5, 0.6) is 0 Å². The number of carbonyl (C=O) groups excluding carboxylic acids is 1. The van der Waals surface area contributed by atoms with Gasteiger partial charge < -0.3 is 4.57 Å². The van der Waals surface area contributed by atoms with Crippen LogP contribution in [0.3, 0.4) is 0 Å². The minimum Gasteiger partial charge on any atom is -0.319 e. The van der Waals surface area contributed by atoms with Gasteiger partial charge in [-0.1, -0.05) is 53.3 Å². The number of halogens is 1. The summed E-state index contributed by atoms with van der Waals surface area (Å²) in [5, 5.41) is 0.595. The average molecular weight is 395 g/mol. The van der Waals surface area contributed by atoms with Crippen LogP contribution in [-0.4, -0.2) is 24.6 Å². The van der Waals surface area contributed by atoms with Crippen molar-refractivity contribution in [3.63, 3.8) is 0 Å². The van der Waals surface area contributed by atoms with Crippen LogP contribution in [0.4, 0.5) is 0 Å². The fourth-order valence-electron chi connectivity index (χ4n) is 2.42. The molecule has 2 aromatic carbocycles. The molecule has 8 heteroatoms. The van der Waals surface area contributed by atoms with E-state index >= 15 is 0 Å². The van der Waals surface area contributed by atoms with Crippen LogP contribution in [0.2, 0.25) is 5.02 Å². The molecule has 0 aliphatic carbocycles. The smallest absolute Gasteiger partial charge is 0.263 e. The molecule has 25 heavy (non-hydrogen) atoms. The second-order valence-corrected chi connectivity index (χ2v) is 9.09. The molecule has 3 aromatic rings. The van der Waals surface area contributed by atoms with Gasteiger partial charge >= 0.3 is 0 Å². The minimum absolute atomic E-state index is 0.177. The van der Waals surface area contributed by atoms with E-state index in [0.717, 1.165) is 10.2 Å². The van der Waals surface area contributed by atoms with Gasteiger partial charge in [-0.2, -0.15) is 4.99 Å². The monoisotopic (exact) mass is 394 g/mol.